The molecular formula is C18H20N6O4. The van der Waals surface area contributed by atoms with Gasteiger partial charge in [0.1, 0.15) is 19.4 Å². The van der Waals surface area contributed by atoms with Gasteiger partial charge in [0.25, 0.3) is 5.56 Å². The number of amides is 1. The minimum Gasteiger partial charge on any atom is -0.465 e. The van der Waals surface area contributed by atoms with Crippen molar-refractivity contribution in [3.05, 3.63) is 46.0 Å². The molecule has 1 amide bonds. The molecule has 0 bridgehead atoms. The van der Waals surface area contributed by atoms with Crippen molar-refractivity contribution in [3.63, 3.8) is 0 Å². The monoisotopic (exact) mass is 384 g/mol. The van der Waals surface area contributed by atoms with Gasteiger partial charge in [-0.05, 0) is 44.0 Å². The van der Waals surface area contributed by atoms with E-state index in [1.807, 2.05) is 32.0 Å². The third kappa shape index (κ3) is 3.90. The number of rotatable bonds is 6. The van der Waals surface area contributed by atoms with E-state index in [2.05, 4.69) is 20.6 Å². The summed E-state index contributed by atoms with van der Waals surface area (Å²) in [6.45, 7) is 5.32. The van der Waals surface area contributed by atoms with Gasteiger partial charge in [-0.2, -0.15) is 4.68 Å². The lowest BCUT2D eigenvalue weighted by atomic mass is 10.1. The molecule has 1 aromatic carbocycles. The van der Waals surface area contributed by atoms with Crippen molar-refractivity contribution < 1.29 is 14.3 Å². The minimum absolute atomic E-state index is 0.0546. The smallest absolute Gasteiger partial charge is 0.325 e. The summed E-state index contributed by atoms with van der Waals surface area (Å²) < 4.78 is 7.32. The van der Waals surface area contributed by atoms with Gasteiger partial charge >= 0.3 is 5.97 Å². The van der Waals surface area contributed by atoms with Gasteiger partial charge in [-0.3, -0.25) is 19.0 Å². The maximum atomic E-state index is 12.6. The third-order valence-electron chi connectivity index (χ3n) is 4.21. The van der Waals surface area contributed by atoms with Crippen LogP contribution < -0.4 is 10.9 Å². The number of hydrogen-bond donors (Lipinski definition) is 1. The topological polar surface area (TPSA) is 121 Å². The Labute approximate surface area is 160 Å². The minimum atomic E-state index is -0.548. The van der Waals surface area contributed by atoms with Gasteiger partial charge in [0.05, 0.1) is 12.3 Å². The molecule has 28 heavy (non-hydrogen) atoms. The lowest BCUT2D eigenvalue weighted by molar-refractivity contribution is -0.143. The fourth-order valence-electron chi connectivity index (χ4n) is 2.58. The fraction of sp³-hybridized carbons (Fsp3) is 0.333. The predicted octanol–water partition coefficient (Wildman–Crippen LogP) is 0.273. The Morgan fingerprint density at radius 3 is 2.71 bits per heavy atom. The number of esters is 1. The number of nitrogens with zero attached hydrogens (tertiary/aromatic N) is 5. The normalized spacial score (nSPS) is 10.8. The number of aromatic nitrogens is 5. The molecule has 0 unspecified atom stereocenters. The number of carbonyl (C=O) groups is 2. The highest BCUT2D eigenvalue weighted by molar-refractivity contribution is 5.82. The molecule has 2 aromatic heterocycles. The molecule has 3 rings (SSSR count). The Morgan fingerprint density at radius 2 is 2.00 bits per heavy atom. The second-order valence-corrected chi connectivity index (χ2v) is 6.20. The van der Waals surface area contributed by atoms with Crippen LogP contribution in [-0.4, -0.2) is 49.6 Å². The van der Waals surface area contributed by atoms with Gasteiger partial charge in [-0.15, -0.1) is 5.10 Å². The van der Waals surface area contributed by atoms with Gasteiger partial charge in [-0.25, -0.2) is 4.98 Å². The molecule has 0 aliphatic carbocycles. The third-order valence-corrected chi connectivity index (χ3v) is 4.21. The summed E-state index contributed by atoms with van der Waals surface area (Å²) in [5.74, 6) is -1.06. The molecule has 146 valence electrons. The molecule has 0 saturated heterocycles. The largest absolute Gasteiger partial charge is 0.465 e. The number of fused-ring (bicyclic) bond motifs is 1. The summed E-state index contributed by atoms with van der Waals surface area (Å²) in [4.78, 5) is 40.1. The first-order valence-corrected chi connectivity index (χ1v) is 8.71. The number of carbonyl (C=O) groups excluding carboxylic acids is 2. The zero-order valence-electron chi connectivity index (χ0n) is 15.8. The van der Waals surface area contributed by atoms with E-state index < -0.39 is 17.4 Å². The van der Waals surface area contributed by atoms with Crippen LogP contribution in [0.1, 0.15) is 18.1 Å². The summed E-state index contributed by atoms with van der Waals surface area (Å²) in [6.07, 6.45) is 1.26. The highest BCUT2D eigenvalue weighted by atomic mass is 16.5. The maximum absolute atomic E-state index is 12.6. The zero-order valence-corrected chi connectivity index (χ0v) is 15.8. The van der Waals surface area contributed by atoms with Crippen molar-refractivity contribution in [2.45, 2.75) is 27.3 Å². The Balaban J connectivity index is 1.83. The average Bonchev–Trinajstić information content (AvgIpc) is 3.10. The van der Waals surface area contributed by atoms with E-state index >= 15 is 0 Å². The summed E-state index contributed by atoms with van der Waals surface area (Å²) in [5, 5.41) is 10.3. The van der Waals surface area contributed by atoms with Crippen molar-refractivity contribution in [1.29, 1.82) is 0 Å². The van der Waals surface area contributed by atoms with Crippen LogP contribution >= 0.6 is 0 Å². The van der Waals surface area contributed by atoms with Crippen LogP contribution in [0.4, 0.5) is 0 Å². The van der Waals surface area contributed by atoms with E-state index in [0.29, 0.717) is 5.65 Å². The second-order valence-electron chi connectivity index (χ2n) is 6.20. The number of nitrogens with one attached hydrogen (secondary N) is 1. The molecule has 0 saturated carbocycles. The number of aryl methyl sites for hydroxylation is 2. The SMILES string of the molecule is CCOC(=O)CNC(=O)Cn1cnc2c(nnn2-c2ccc(C)c(C)c2)c1=O. The molecule has 0 radical (unpaired) electrons. The molecule has 2 heterocycles. The van der Waals surface area contributed by atoms with Crippen LogP contribution in [0.25, 0.3) is 16.9 Å². The number of benzene rings is 1. The first-order valence-electron chi connectivity index (χ1n) is 8.71. The fourth-order valence-corrected chi connectivity index (χ4v) is 2.58. The Hall–Kier alpha value is -3.56. The van der Waals surface area contributed by atoms with Crippen molar-refractivity contribution in [1.82, 2.24) is 29.9 Å². The van der Waals surface area contributed by atoms with E-state index in [4.69, 9.17) is 4.74 Å². The average molecular weight is 384 g/mol. The zero-order chi connectivity index (χ0) is 20.3. The van der Waals surface area contributed by atoms with Crippen LogP contribution in [0.2, 0.25) is 0 Å². The lowest BCUT2D eigenvalue weighted by Crippen LogP contribution is -2.36. The summed E-state index contributed by atoms with van der Waals surface area (Å²) in [6, 6.07) is 5.75. The maximum Gasteiger partial charge on any atom is 0.325 e. The Morgan fingerprint density at radius 1 is 1.21 bits per heavy atom. The predicted molar refractivity (Wildman–Crippen MR) is 100 cm³/mol. The van der Waals surface area contributed by atoms with Crippen molar-refractivity contribution in [2.75, 3.05) is 13.2 Å². The van der Waals surface area contributed by atoms with Gasteiger partial charge in [-0.1, -0.05) is 11.3 Å². The second kappa shape index (κ2) is 7.99. The highest BCUT2D eigenvalue weighted by Crippen LogP contribution is 2.15. The van der Waals surface area contributed by atoms with Gasteiger partial charge in [0, 0.05) is 0 Å². The number of hydrogen-bond acceptors (Lipinski definition) is 7. The molecule has 3 aromatic rings. The summed E-state index contributed by atoms with van der Waals surface area (Å²) in [5.41, 5.74) is 2.81. The van der Waals surface area contributed by atoms with Gasteiger partial charge < -0.3 is 10.1 Å². The van der Waals surface area contributed by atoms with Crippen LogP contribution in [-0.2, 0) is 20.9 Å². The standard InChI is InChI=1S/C18H20N6O4/c1-4-28-15(26)8-19-14(25)9-23-10-20-17-16(18(23)27)21-22-24(17)13-6-5-11(2)12(3)7-13/h5-7,10H,4,8-9H2,1-3H3,(H,19,25). The quantitative estimate of drug-likeness (QED) is 0.606. The van der Waals surface area contributed by atoms with Crippen LogP contribution in [0.5, 0.6) is 0 Å². The van der Waals surface area contributed by atoms with E-state index in [1.165, 1.54) is 11.0 Å². The Kier molecular flexibility index (Phi) is 5.48. The van der Waals surface area contributed by atoms with E-state index in [1.54, 1.807) is 6.92 Å². The van der Waals surface area contributed by atoms with E-state index in [0.717, 1.165) is 21.4 Å². The Bertz CT molecular complexity index is 1100. The molecule has 0 aliphatic rings. The first-order chi connectivity index (χ1) is 13.4. The van der Waals surface area contributed by atoms with Crippen LogP contribution in [0.3, 0.4) is 0 Å². The van der Waals surface area contributed by atoms with Crippen molar-refractivity contribution in [2.24, 2.45) is 0 Å². The van der Waals surface area contributed by atoms with Crippen LogP contribution in [0, 0.1) is 13.8 Å². The molecule has 0 fully saturated rings. The summed E-state index contributed by atoms with van der Waals surface area (Å²) in [7, 11) is 0. The van der Waals surface area contributed by atoms with Crippen LogP contribution in [0.15, 0.2) is 29.3 Å². The molecule has 0 aliphatic heterocycles. The molecule has 0 atom stereocenters. The van der Waals surface area contributed by atoms with Crippen molar-refractivity contribution >= 4 is 23.0 Å². The summed E-state index contributed by atoms with van der Waals surface area (Å²) >= 11 is 0. The highest BCUT2D eigenvalue weighted by Gasteiger charge is 2.15. The molecule has 10 heteroatoms. The van der Waals surface area contributed by atoms with Gasteiger partial charge in [0.15, 0.2) is 11.2 Å². The molecule has 10 nitrogen and oxygen atoms in total. The molecular weight excluding hydrogens is 364 g/mol. The molecule has 1 N–H and O–H groups in total. The van der Waals surface area contributed by atoms with Gasteiger partial charge in [0.2, 0.25) is 5.91 Å². The number of ether oxygens (including phenoxy) is 1. The first kappa shape index (κ1) is 19.2. The molecule has 0 spiro atoms. The van der Waals surface area contributed by atoms with Crippen molar-refractivity contribution in [3.8, 4) is 5.69 Å². The van der Waals surface area contributed by atoms with E-state index in [-0.39, 0.29) is 25.2 Å². The van der Waals surface area contributed by atoms with E-state index in [9.17, 15) is 14.4 Å². The lowest BCUT2D eigenvalue weighted by Gasteiger charge is -2.07.